The van der Waals surface area contributed by atoms with Crippen LogP contribution in [0.5, 0.6) is 0 Å². The van der Waals surface area contributed by atoms with Crippen LogP contribution in [0.1, 0.15) is 39.7 Å². The maximum atomic E-state index is 10.1. The molecule has 0 saturated heterocycles. The Labute approximate surface area is 146 Å². The Kier molecular flexibility index (Phi) is 5.97. The monoisotopic (exact) mass is 329 g/mol. The van der Waals surface area contributed by atoms with Gasteiger partial charge in [-0.15, -0.1) is 0 Å². The quantitative estimate of drug-likeness (QED) is 0.776. The smallest absolute Gasteiger partial charge is 0.376 e. The lowest BCUT2D eigenvalue weighted by atomic mass is 9.81. The Morgan fingerprint density at radius 2 is 1.79 bits per heavy atom. The Hall–Kier alpha value is -1.07. The minimum Gasteiger partial charge on any atom is -0.437 e. The molecule has 0 unspecified atom stereocenters. The minimum absolute atomic E-state index is 0.388. The Morgan fingerprint density at radius 3 is 2.25 bits per heavy atom. The minimum atomic E-state index is -0.893. The largest absolute Gasteiger partial charge is 0.437 e. The summed E-state index contributed by atoms with van der Waals surface area (Å²) < 4.78 is 5.91. The van der Waals surface area contributed by atoms with Crippen LogP contribution in [0, 0.1) is 0 Å². The first-order valence-electron chi connectivity index (χ1n) is 8.67. The van der Waals surface area contributed by atoms with E-state index >= 15 is 0 Å². The van der Waals surface area contributed by atoms with Crippen LogP contribution in [0.25, 0.3) is 5.57 Å². The number of hydrogen-bond donors (Lipinski definition) is 2. The molecule has 0 radical (unpaired) electrons. The summed E-state index contributed by atoms with van der Waals surface area (Å²) in [4.78, 5) is 2.05. The molecule has 0 saturated carbocycles. The molecular weight excluding hydrogens is 300 g/mol. The van der Waals surface area contributed by atoms with Crippen molar-refractivity contribution in [1.29, 1.82) is 0 Å². The van der Waals surface area contributed by atoms with Gasteiger partial charge in [0.25, 0.3) is 0 Å². The molecule has 130 valence electrons. The van der Waals surface area contributed by atoms with Crippen molar-refractivity contribution >= 4 is 25.6 Å². The molecule has 0 amide bonds. The molecule has 6 heteroatoms. The fourth-order valence-corrected chi connectivity index (χ4v) is 2.54. The second kappa shape index (κ2) is 7.44. The summed E-state index contributed by atoms with van der Waals surface area (Å²) in [7, 11) is 0.0908. The third-order valence-electron chi connectivity index (χ3n) is 5.17. The van der Waals surface area contributed by atoms with Crippen molar-refractivity contribution in [3.05, 3.63) is 35.9 Å². The van der Waals surface area contributed by atoms with Gasteiger partial charge in [0.15, 0.2) is 0 Å². The summed E-state index contributed by atoms with van der Waals surface area (Å²) in [6.07, 6.45) is 3.14. The zero-order valence-electron chi connectivity index (χ0n) is 15.5. The average molecular weight is 329 g/mol. The van der Waals surface area contributed by atoms with Crippen LogP contribution >= 0.6 is 0 Å². The molecule has 0 aromatic heterocycles. The van der Waals surface area contributed by atoms with Crippen molar-refractivity contribution in [1.82, 2.24) is 4.81 Å². The van der Waals surface area contributed by atoms with Gasteiger partial charge in [-0.3, -0.25) is 0 Å². The first kappa shape index (κ1) is 19.3. The number of nitrogens with zero attached hydrogens (tertiary/aromatic N) is 1. The van der Waals surface area contributed by atoms with Crippen LogP contribution in [-0.4, -0.2) is 53.8 Å². The van der Waals surface area contributed by atoms with Crippen LogP contribution in [0.2, 0.25) is 6.82 Å². The average Bonchev–Trinajstić information content (AvgIpc) is 2.52. The second-order valence-corrected chi connectivity index (χ2v) is 7.66. The summed E-state index contributed by atoms with van der Waals surface area (Å²) in [5.41, 5.74) is 2.15. The fraction of sp³-hybridized carbons (Fsp3) is 0.556. The molecule has 2 rings (SSSR count). The summed E-state index contributed by atoms with van der Waals surface area (Å²) in [6.45, 7) is 10.8. The topological polar surface area (TPSA) is 52.9 Å². The first-order chi connectivity index (χ1) is 11.1. The molecule has 0 atom stereocenters. The second-order valence-electron chi connectivity index (χ2n) is 7.66. The van der Waals surface area contributed by atoms with Crippen LogP contribution in [0.15, 0.2) is 30.3 Å². The van der Waals surface area contributed by atoms with Crippen molar-refractivity contribution < 1.29 is 14.8 Å². The lowest BCUT2D eigenvalue weighted by Crippen LogP contribution is -2.49. The van der Waals surface area contributed by atoms with E-state index in [9.17, 15) is 10.1 Å². The number of aliphatic hydroxyl groups is 1. The van der Waals surface area contributed by atoms with E-state index in [0.29, 0.717) is 7.48 Å². The Bertz CT molecular complexity index is 577. The van der Waals surface area contributed by atoms with Crippen molar-refractivity contribution in [2.24, 2.45) is 0 Å². The van der Waals surface area contributed by atoms with Crippen LogP contribution in [0.3, 0.4) is 0 Å². The van der Waals surface area contributed by atoms with E-state index in [1.165, 1.54) is 11.1 Å². The van der Waals surface area contributed by atoms with Crippen LogP contribution in [-0.2, 0) is 4.65 Å². The number of benzene rings is 1. The Balaban J connectivity index is 1.97. The van der Waals surface area contributed by atoms with E-state index in [4.69, 9.17) is 4.65 Å². The summed E-state index contributed by atoms with van der Waals surface area (Å²) in [5.74, 6) is 0. The molecule has 0 spiro atoms. The van der Waals surface area contributed by atoms with E-state index in [-0.39, 0.29) is 7.05 Å². The van der Waals surface area contributed by atoms with Gasteiger partial charge in [-0.1, -0.05) is 35.8 Å². The van der Waals surface area contributed by atoms with Gasteiger partial charge in [0.1, 0.15) is 0 Å². The highest BCUT2D eigenvalue weighted by atomic mass is 16.5. The number of rotatable bonds is 6. The zero-order valence-corrected chi connectivity index (χ0v) is 15.5. The van der Waals surface area contributed by atoms with Gasteiger partial charge in [-0.2, -0.15) is 0 Å². The maximum Gasteiger partial charge on any atom is 0.376 e. The standard InChI is InChI=1S/C18H29B2NO3/c1-17(2,22)18(3,4)24-19-16-8-6-14(7-9-16)15-10-12-21(13-11-15)20(5)23/h6-10,19,22-23H,11-13H2,1-5H3. The number of hydrogen-bond acceptors (Lipinski definition) is 4. The highest BCUT2D eigenvalue weighted by molar-refractivity contribution is 6.47. The van der Waals surface area contributed by atoms with Gasteiger partial charge in [-0.05, 0) is 58.6 Å². The van der Waals surface area contributed by atoms with E-state index in [0.717, 1.165) is 25.0 Å². The molecule has 4 nitrogen and oxygen atoms in total. The van der Waals surface area contributed by atoms with Crippen molar-refractivity contribution in [3.63, 3.8) is 0 Å². The van der Waals surface area contributed by atoms with Gasteiger partial charge in [0.05, 0.1) is 11.2 Å². The molecule has 1 aliphatic rings. The van der Waals surface area contributed by atoms with E-state index < -0.39 is 11.2 Å². The molecule has 0 aliphatic carbocycles. The molecule has 1 aliphatic heterocycles. The lowest BCUT2D eigenvalue weighted by Gasteiger charge is -2.37. The predicted octanol–water partition coefficient (Wildman–Crippen LogP) is 1.43. The third-order valence-corrected chi connectivity index (χ3v) is 5.17. The Morgan fingerprint density at radius 1 is 1.17 bits per heavy atom. The van der Waals surface area contributed by atoms with Crippen LogP contribution < -0.4 is 5.46 Å². The normalized spacial score (nSPS) is 16.7. The first-order valence-corrected chi connectivity index (χ1v) is 8.67. The molecule has 1 aromatic rings. The molecular formula is C18H29B2NO3. The van der Waals surface area contributed by atoms with Gasteiger partial charge in [0, 0.05) is 6.54 Å². The molecule has 0 fully saturated rings. The highest BCUT2D eigenvalue weighted by Crippen LogP contribution is 2.24. The van der Waals surface area contributed by atoms with Crippen molar-refractivity contribution in [2.75, 3.05) is 13.1 Å². The summed E-state index contributed by atoms with van der Waals surface area (Å²) in [5, 5.41) is 19.8. The molecule has 1 aromatic carbocycles. The SMILES string of the molecule is CB(O)N1CC=C(c2ccc(BOC(C)(C)C(C)(C)O)cc2)CC1. The maximum absolute atomic E-state index is 10.1. The van der Waals surface area contributed by atoms with E-state index in [1.807, 2.05) is 25.5 Å². The van der Waals surface area contributed by atoms with Gasteiger partial charge >= 0.3 is 14.5 Å². The lowest BCUT2D eigenvalue weighted by molar-refractivity contribution is -0.0893. The van der Waals surface area contributed by atoms with Crippen LogP contribution in [0.4, 0.5) is 0 Å². The fourth-order valence-electron chi connectivity index (χ4n) is 2.54. The van der Waals surface area contributed by atoms with Gasteiger partial charge < -0.3 is 19.6 Å². The van der Waals surface area contributed by atoms with Gasteiger partial charge in [-0.25, -0.2) is 0 Å². The molecule has 1 heterocycles. The van der Waals surface area contributed by atoms with E-state index in [2.05, 4.69) is 30.3 Å². The van der Waals surface area contributed by atoms with Gasteiger partial charge in [0.2, 0.25) is 0 Å². The molecule has 0 bridgehead atoms. The zero-order chi connectivity index (χ0) is 18.0. The summed E-state index contributed by atoms with van der Waals surface area (Å²) in [6, 6.07) is 8.41. The predicted molar refractivity (Wildman–Crippen MR) is 103 cm³/mol. The van der Waals surface area contributed by atoms with Crippen molar-refractivity contribution in [3.8, 4) is 0 Å². The third kappa shape index (κ3) is 4.73. The summed E-state index contributed by atoms with van der Waals surface area (Å²) >= 11 is 0. The molecule has 2 N–H and O–H groups in total. The molecule has 24 heavy (non-hydrogen) atoms. The highest BCUT2D eigenvalue weighted by Gasteiger charge is 2.35. The van der Waals surface area contributed by atoms with E-state index in [1.54, 1.807) is 13.8 Å². The van der Waals surface area contributed by atoms with Crippen molar-refractivity contribution in [2.45, 2.75) is 52.1 Å².